The number of nitrogens with two attached hydrogens (primary N) is 1. The zero-order chi connectivity index (χ0) is 8.55. The molecule has 0 fully saturated rings. The molecule has 3 heteroatoms. The molecule has 0 saturated carbocycles. The van der Waals surface area contributed by atoms with Gasteiger partial charge in [-0.2, -0.15) is 0 Å². The molecule has 2 aromatic rings. The van der Waals surface area contributed by atoms with E-state index >= 15 is 0 Å². The van der Waals surface area contributed by atoms with Crippen molar-refractivity contribution in [3.63, 3.8) is 0 Å². The monoisotopic (exact) mass is 257 g/mol. The van der Waals surface area contributed by atoms with Crippen LogP contribution in [-0.2, 0) is 0 Å². The van der Waals surface area contributed by atoms with Crippen molar-refractivity contribution in [1.29, 1.82) is 0 Å². The number of hydrogen-bond donors (Lipinski definition) is 1. The molecule has 0 aromatic heterocycles. The fraction of sp³-hybridized carbons (Fsp3) is 0. The fourth-order valence-electron chi connectivity index (χ4n) is 1.30. The molecule has 0 aliphatic rings. The zero-order valence-corrected chi connectivity index (χ0v) is 9.23. The summed E-state index contributed by atoms with van der Waals surface area (Å²) < 4.78 is 1.03. The van der Waals surface area contributed by atoms with Gasteiger partial charge in [-0.05, 0) is 17.5 Å². The molecule has 68 valence electrons. The molecule has 0 radical (unpaired) electrons. The number of nitrogen functional groups attached to an aromatic ring is 1. The maximum absolute atomic E-state index is 5.83. The maximum atomic E-state index is 5.83. The van der Waals surface area contributed by atoms with E-state index in [0.29, 0.717) is 0 Å². The minimum Gasteiger partial charge on any atom is -0.398 e. The van der Waals surface area contributed by atoms with Gasteiger partial charge >= 0.3 is 0 Å². The third kappa shape index (κ3) is 1.95. The van der Waals surface area contributed by atoms with Gasteiger partial charge in [-0.3, -0.25) is 0 Å². The summed E-state index contributed by atoms with van der Waals surface area (Å²) in [6, 6.07) is 12.1. The zero-order valence-electron chi connectivity index (χ0n) is 6.83. The Balaban J connectivity index is 0.000000845. The molecule has 0 bridgehead atoms. The van der Waals surface area contributed by atoms with Crippen LogP contribution in [0.4, 0.5) is 5.69 Å². The summed E-state index contributed by atoms with van der Waals surface area (Å²) in [6.07, 6.45) is 0. The van der Waals surface area contributed by atoms with E-state index in [1.165, 1.54) is 5.39 Å². The predicted octanol–water partition coefficient (Wildman–Crippen LogP) is 3.61. The third-order valence-electron chi connectivity index (χ3n) is 1.86. The van der Waals surface area contributed by atoms with E-state index in [1.807, 2.05) is 24.3 Å². The van der Waals surface area contributed by atoms with Crippen LogP contribution in [0.25, 0.3) is 10.8 Å². The molecule has 1 nitrogen and oxygen atoms in total. The van der Waals surface area contributed by atoms with Gasteiger partial charge in [0, 0.05) is 15.5 Å². The minimum absolute atomic E-state index is 0. The summed E-state index contributed by atoms with van der Waals surface area (Å²) >= 11 is 3.40. The van der Waals surface area contributed by atoms with Crippen molar-refractivity contribution in [2.24, 2.45) is 0 Å². The fourth-order valence-corrected chi connectivity index (χ4v) is 1.80. The van der Waals surface area contributed by atoms with E-state index in [9.17, 15) is 0 Å². The van der Waals surface area contributed by atoms with Crippen LogP contribution >= 0.6 is 28.3 Å². The van der Waals surface area contributed by atoms with E-state index in [-0.39, 0.29) is 12.4 Å². The highest BCUT2D eigenvalue weighted by Crippen LogP contribution is 2.25. The normalized spacial score (nSPS) is 9.62. The van der Waals surface area contributed by atoms with Crippen LogP contribution in [0.15, 0.2) is 40.9 Å². The van der Waals surface area contributed by atoms with Crippen LogP contribution in [-0.4, -0.2) is 0 Å². The van der Waals surface area contributed by atoms with Crippen molar-refractivity contribution in [2.45, 2.75) is 0 Å². The maximum Gasteiger partial charge on any atom is 0.0405 e. The highest BCUT2D eigenvalue weighted by atomic mass is 79.9. The molecule has 0 atom stereocenters. The molecule has 0 amide bonds. The quantitative estimate of drug-likeness (QED) is 0.718. The number of benzene rings is 2. The first-order valence-corrected chi connectivity index (χ1v) is 4.50. The first kappa shape index (κ1) is 10.4. The predicted molar refractivity (Wildman–Crippen MR) is 63.3 cm³/mol. The molecule has 0 spiro atoms. The standard InChI is InChI=1S/C10H8BrN.ClH/c11-8-5-7-3-1-2-4-9(7)10(12)6-8;/h1-6H,12H2;1H. The smallest absolute Gasteiger partial charge is 0.0405 e. The molecule has 13 heavy (non-hydrogen) atoms. The van der Waals surface area contributed by atoms with Gasteiger partial charge in [0.1, 0.15) is 0 Å². The van der Waals surface area contributed by atoms with Gasteiger partial charge in [0.05, 0.1) is 0 Å². The Morgan fingerprint density at radius 3 is 2.54 bits per heavy atom. The summed E-state index contributed by atoms with van der Waals surface area (Å²) in [4.78, 5) is 0. The van der Waals surface area contributed by atoms with E-state index in [0.717, 1.165) is 15.5 Å². The second-order valence-corrected chi connectivity index (χ2v) is 3.63. The molecule has 0 heterocycles. The van der Waals surface area contributed by atoms with Crippen molar-refractivity contribution in [3.8, 4) is 0 Å². The van der Waals surface area contributed by atoms with Gasteiger partial charge in [-0.25, -0.2) is 0 Å². The molecule has 0 aliphatic carbocycles. The number of rotatable bonds is 0. The lowest BCUT2D eigenvalue weighted by molar-refractivity contribution is 1.69. The molecular formula is C10H9BrClN. The Hall–Kier alpha value is -0.730. The Bertz CT molecular complexity index is 428. The van der Waals surface area contributed by atoms with E-state index in [1.54, 1.807) is 0 Å². The largest absolute Gasteiger partial charge is 0.398 e. The number of anilines is 1. The molecule has 2 aromatic carbocycles. The average Bonchev–Trinajstić information content (AvgIpc) is 2.04. The van der Waals surface area contributed by atoms with Crippen LogP contribution in [0.3, 0.4) is 0 Å². The lowest BCUT2D eigenvalue weighted by Gasteiger charge is -2.01. The molecule has 2 N–H and O–H groups in total. The summed E-state index contributed by atoms with van der Waals surface area (Å²) in [7, 11) is 0. The molecule has 0 saturated heterocycles. The minimum atomic E-state index is 0. The lowest BCUT2D eigenvalue weighted by atomic mass is 10.1. The Labute approximate surface area is 91.5 Å². The molecule has 0 aliphatic heterocycles. The summed E-state index contributed by atoms with van der Waals surface area (Å²) in [5, 5.41) is 2.28. The second-order valence-electron chi connectivity index (χ2n) is 2.72. The summed E-state index contributed by atoms with van der Waals surface area (Å²) in [5.74, 6) is 0. The van der Waals surface area contributed by atoms with E-state index in [2.05, 4.69) is 28.1 Å². The van der Waals surface area contributed by atoms with Crippen molar-refractivity contribution in [2.75, 3.05) is 5.73 Å². The van der Waals surface area contributed by atoms with Gasteiger partial charge < -0.3 is 5.73 Å². The molecular weight excluding hydrogens is 249 g/mol. The van der Waals surface area contributed by atoms with Crippen molar-refractivity contribution >= 4 is 44.8 Å². The molecule has 2 rings (SSSR count). The van der Waals surface area contributed by atoms with Crippen LogP contribution in [0.5, 0.6) is 0 Å². The van der Waals surface area contributed by atoms with Crippen molar-refractivity contribution in [1.82, 2.24) is 0 Å². The second kappa shape index (κ2) is 3.99. The van der Waals surface area contributed by atoms with E-state index in [4.69, 9.17) is 5.73 Å². The Morgan fingerprint density at radius 2 is 1.77 bits per heavy atom. The van der Waals surface area contributed by atoms with Gasteiger partial charge in [0.25, 0.3) is 0 Å². The summed E-state index contributed by atoms with van der Waals surface area (Å²) in [5.41, 5.74) is 6.65. The van der Waals surface area contributed by atoms with Gasteiger partial charge in [0.15, 0.2) is 0 Å². The van der Waals surface area contributed by atoms with Gasteiger partial charge in [0.2, 0.25) is 0 Å². The topological polar surface area (TPSA) is 26.0 Å². The van der Waals surface area contributed by atoms with Crippen LogP contribution in [0.1, 0.15) is 0 Å². The average molecular weight is 259 g/mol. The highest BCUT2D eigenvalue weighted by molar-refractivity contribution is 9.10. The Morgan fingerprint density at radius 1 is 1.08 bits per heavy atom. The van der Waals surface area contributed by atoms with Crippen LogP contribution in [0.2, 0.25) is 0 Å². The summed E-state index contributed by atoms with van der Waals surface area (Å²) in [6.45, 7) is 0. The van der Waals surface area contributed by atoms with E-state index < -0.39 is 0 Å². The first-order valence-electron chi connectivity index (χ1n) is 3.71. The first-order chi connectivity index (χ1) is 5.77. The highest BCUT2D eigenvalue weighted by Gasteiger charge is 1.97. The molecule has 0 unspecified atom stereocenters. The van der Waals surface area contributed by atoms with Crippen molar-refractivity contribution in [3.05, 3.63) is 40.9 Å². The van der Waals surface area contributed by atoms with Gasteiger partial charge in [-0.15, -0.1) is 12.4 Å². The number of fused-ring (bicyclic) bond motifs is 1. The van der Waals surface area contributed by atoms with Crippen molar-refractivity contribution < 1.29 is 0 Å². The number of halogens is 2. The third-order valence-corrected chi connectivity index (χ3v) is 2.32. The van der Waals surface area contributed by atoms with Crippen LogP contribution < -0.4 is 5.73 Å². The van der Waals surface area contributed by atoms with Crippen LogP contribution in [0, 0.1) is 0 Å². The van der Waals surface area contributed by atoms with Gasteiger partial charge in [-0.1, -0.05) is 40.2 Å². The Kier molecular flexibility index (Phi) is 3.17. The SMILES string of the molecule is Cl.Nc1cc(Br)cc2ccccc12. The number of hydrogen-bond acceptors (Lipinski definition) is 1. The lowest BCUT2D eigenvalue weighted by Crippen LogP contribution is -1.86.